The highest BCUT2D eigenvalue weighted by molar-refractivity contribution is 7.86. The Balaban J connectivity index is 1.00. The van der Waals surface area contributed by atoms with Crippen LogP contribution in [0.4, 0.5) is 0 Å². The number of nitrogens with zero attached hydrogens (tertiary/aromatic N) is 1. The summed E-state index contributed by atoms with van der Waals surface area (Å²) < 4.78 is 55.5. The number of aliphatic hydroxyl groups is 3. The first-order valence-corrected chi connectivity index (χ1v) is 31.9. The number of aliphatic hydroxyl groups excluding tert-OH is 2. The topological polar surface area (TPSA) is 218 Å². The maximum atomic E-state index is 14.5. The quantitative estimate of drug-likeness (QED) is 0.0201. The molecule has 5 aliphatic heterocycles. The van der Waals surface area contributed by atoms with E-state index in [2.05, 4.69) is 85.5 Å². The summed E-state index contributed by atoms with van der Waals surface area (Å²) in [5.74, 6) is 4.93. The highest BCUT2D eigenvalue weighted by Crippen LogP contribution is 2.56. The second-order valence-electron chi connectivity index (χ2n) is 25.4. The van der Waals surface area contributed by atoms with Crippen LogP contribution in [0.2, 0.25) is 0 Å². The fraction of sp³-hybridized carbons (Fsp3) is 0.423. The molecule has 1 saturated carbocycles. The van der Waals surface area contributed by atoms with Crippen LogP contribution in [-0.2, 0) is 46.4 Å². The summed E-state index contributed by atoms with van der Waals surface area (Å²) in [6, 6.07) is 46.2. The SMILES string of the molecule is CC1CCc2cc3ccc2C1CC(S(=O)(=O)O)C1C=C2CC(CC4CC(CO)CC#Cc5cc(O)ccc5C2O4)C1c1ccc(cc1)C(CC(Cc1ccccc1)C1(O)CCCC(c2ccc(CO)c(Cc4ccccc4)c2)C1)(N=C(N)N)O3. The lowest BCUT2D eigenvalue weighted by Crippen LogP contribution is -2.48. The number of guanidine groups is 1. The molecule has 10 bridgehead atoms. The van der Waals surface area contributed by atoms with Gasteiger partial charge in [-0.15, -0.1) is 0 Å². The van der Waals surface area contributed by atoms with E-state index in [-0.39, 0.29) is 73.5 Å². The maximum absolute atomic E-state index is 14.5. The number of hydrogen-bond acceptors (Lipinski definition) is 9. The number of allylic oxidation sites excluding steroid dienone is 1. The van der Waals surface area contributed by atoms with Gasteiger partial charge in [0.25, 0.3) is 10.1 Å². The van der Waals surface area contributed by atoms with E-state index in [1.807, 2.05) is 66.7 Å². The molecule has 5 heterocycles. The minimum absolute atomic E-state index is 0.0135. The van der Waals surface area contributed by atoms with Crippen LogP contribution in [0, 0.1) is 41.4 Å². The number of aliphatic imine (C=N–C) groups is 1. The normalized spacial score (nSPS) is 29.4. The van der Waals surface area contributed by atoms with Gasteiger partial charge in [-0.1, -0.05) is 140 Å². The zero-order valence-electron chi connectivity index (χ0n) is 47.9. The van der Waals surface area contributed by atoms with Crippen molar-refractivity contribution in [2.75, 3.05) is 6.61 Å². The van der Waals surface area contributed by atoms with E-state index < -0.39 is 50.6 Å². The van der Waals surface area contributed by atoms with E-state index >= 15 is 0 Å². The second-order valence-corrected chi connectivity index (χ2v) is 27.0. The Labute approximate surface area is 494 Å². The first-order chi connectivity index (χ1) is 40.5. The molecule has 438 valence electrons. The molecular weight excluding hydrogens is 1070 g/mol. The number of fused-ring (bicyclic) bond motifs is 9. The zero-order valence-corrected chi connectivity index (χ0v) is 48.7. The highest BCUT2D eigenvalue weighted by Gasteiger charge is 2.51. The van der Waals surface area contributed by atoms with Crippen molar-refractivity contribution in [3.63, 3.8) is 0 Å². The summed E-state index contributed by atoms with van der Waals surface area (Å²) in [5.41, 5.74) is 21.6. The van der Waals surface area contributed by atoms with Crippen molar-refractivity contribution in [2.24, 2.45) is 46.0 Å². The Kier molecular flexibility index (Phi) is 16.4. The fourth-order valence-electron chi connectivity index (χ4n) is 15.9. The minimum atomic E-state index is -4.71. The predicted octanol–water partition coefficient (Wildman–Crippen LogP) is 11.6. The second kappa shape index (κ2) is 24.0. The number of benzene rings is 6. The average molecular weight is 1150 g/mol. The molecule has 8 aliphatic rings. The minimum Gasteiger partial charge on any atom is -0.508 e. The summed E-state index contributed by atoms with van der Waals surface area (Å²) in [7, 11) is -4.71. The van der Waals surface area contributed by atoms with Crippen molar-refractivity contribution in [3.05, 3.63) is 212 Å². The Morgan fingerprint density at radius 3 is 2.32 bits per heavy atom. The molecule has 3 aliphatic carbocycles. The van der Waals surface area contributed by atoms with Crippen molar-refractivity contribution in [2.45, 2.75) is 150 Å². The number of phenols is 1. The monoisotopic (exact) mass is 1150 g/mol. The number of rotatable bonds is 12. The molecule has 13 atom stereocenters. The average Bonchev–Trinajstić information content (AvgIpc) is 3.84. The lowest BCUT2D eigenvalue weighted by molar-refractivity contribution is -0.0834. The van der Waals surface area contributed by atoms with E-state index in [9.17, 15) is 33.4 Å². The lowest BCUT2D eigenvalue weighted by Gasteiger charge is -2.46. The number of nitrogens with two attached hydrogens (primary N) is 2. The van der Waals surface area contributed by atoms with E-state index in [0.29, 0.717) is 68.2 Å². The molecule has 0 spiro atoms. The maximum Gasteiger partial charge on any atom is 0.268 e. The summed E-state index contributed by atoms with van der Waals surface area (Å²) in [4.78, 5) is 5.18. The van der Waals surface area contributed by atoms with Gasteiger partial charge in [0, 0.05) is 42.1 Å². The summed E-state index contributed by atoms with van der Waals surface area (Å²) in [6.45, 7) is 2.02. The molecule has 84 heavy (non-hydrogen) atoms. The van der Waals surface area contributed by atoms with Crippen molar-refractivity contribution >= 4 is 16.1 Å². The van der Waals surface area contributed by atoms with Gasteiger partial charge in [-0.05, 0) is 193 Å². The summed E-state index contributed by atoms with van der Waals surface area (Å²) in [6.07, 6.45) is 8.95. The largest absolute Gasteiger partial charge is 0.508 e. The molecule has 0 aromatic heterocycles. The summed E-state index contributed by atoms with van der Waals surface area (Å²) >= 11 is 0. The third-order valence-electron chi connectivity index (χ3n) is 20.0. The number of aryl methyl sites for hydroxylation is 1. The van der Waals surface area contributed by atoms with Crippen LogP contribution >= 0.6 is 0 Å². The van der Waals surface area contributed by atoms with Crippen LogP contribution in [0.5, 0.6) is 11.5 Å². The van der Waals surface area contributed by atoms with Crippen LogP contribution in [0.25, 0.3) is 0 Å². The van der Waals surface area contributed by atoms with Gasteiger partial charge in [0.15, 0.2) is 5.96 Å². The van der Waals surface area contributed by atoms with Crippen LogP contribution in [0.1, 0.15) is 163 Å². The zero-order chi connectivity index (χ0) is 58.3. The van der Waals surface area contributed by atoms with E-state index in [0.717, 1.165) is 81.3 Å². The smallest absolute Gasteiger partial charge is 0.268 e. The standard InChI is InChI=1S/C71H79N3O9S/c1-44-17-18-51-36-60-26-28-62(51)64(44)39-66(84(79,80)81)65-38-56-34-55(37-61-32-47(42-75)14-8-15-50-35-59(77)25-27-63(50)68(56)82-61)67(65)48-21-23-57(24-22-48)71(83-60,74-69(72)73)41-58(31-46-12-6-3-7-13-46)70(78)29-9-16-52(40-70)49-19-20-53(43-76)54(33-49)30-45-10-4-2-5-11-45/h2-7,10-13,19-28,33,35-36,38,44,47,52,55,58,61,64-68,75-78H,9,14,16-18,29-32,34,37,39-43H2,1H3,(H4,72,73,74)(H,79,80,81). The molecule has 6 aromatic carbocycles. The molecule has 0 radical (unpaired) electrons. The molecule has 0 amide bonds. The van der Waals surface area contributed by atoms with E-state index in [1.54, 1.807) is 12.1 Å². The van der Waals surface area contributed by atoms with Crippen LogP contribution in [0.3, 0.4) is 0 Å². The van der Waals surface area contributed by atoms with Gasteiger partial charge in [-0.25, -0.2) is 4.99 Å². The van der Waals surface area contributed by atoms with Crippen molar-refractivity contribution in [1.29, 1.82) is 0 Å². The summed E-state index contributed by atoms with van der Waals surface area (Å²) in [5, 5.41) is 44.5. The first-order valence-electron chi connectivity index (χ1n) is 30.4. The lowest BCUT2D eigenvalue weighted by atomic mass is 9.64. The first kappa shape index (κ1) is 57.7. The van der Waals surface area contributed by atoms with Gasteiger partial charge < -0.3 is 41.4 Å². The van der Waals surface area contributed by atoms with Gasteiger partial charge in [0.05, 0.1) is 23.6 Å². The molecule has 2 fully saturated rings. The van der Waals surface area contributed by atoms with Crippen molar-refractivity contribution in [1.82, 2.24) is 0 Å². The molecule has 13 heteroatoms. The number of ether oxygens (including phenoxy) is 2. The highest BCUT2D eigenvalue weighted by atomic mass is 32.2. The fourth-order valence-corrected chi connectivity index (χ4v) is 17.0. The third-order valence-corrected chi connectivity index (χ3v) is 21.3. The van der Waals surface area contributed by atoms with E-state index in [1.165, 1.54) is 0 Å². The number of aromatic hydroxyl groups is 1. The molecular formula is C71H79N3O9S. The van der Waals surface area contributed by atoms with Crippen LogP contribution in [0.15, 0.2) is 156 Å². The van der Waals surface area contributed by atoms with Gasteiger partial charge in [-0.2, -0.15) is 8.42 Å². The molecule has 14 rings (SSSR count). The Morgan fingerprint density at radius 2 is 1.58 bits per heavy atom. The Hall–Kier alpha value is -6.76. The molecule has 12 nitrogen and oxygen atoms in total. The molecule has 9 N–H and O–H groups in total. The van der Waals surface area contributed by atoms with Gasteiger partial charge in [-0.3, -0.25) is 4.55 Å². The van der Waals surface area contributed by atoms with Gasteiger partial charge in [0.2, 0.25) is 5.72 Å². The number of phenolic OH excluding ortho intramolecular Hbond substituents is 1. The van der Waals surface area contributed by atoms with Crippen molar-refractivity contribution in [3.8, 4) is 23.3 Å². The van der Waals surface area contributed by atoms with E-state index in [4.69, 9.17) is 25.9 Å². The van der Waals surface area contributed by atoms with Crippen molar-refractivity contribution < 1.29 is 42.9 Å². The van der Waals surface area contributed by atoms with Crippen LogP contribution in [-0.4, -0.2) is 62.9 Å². The van der Waals surface area contributed by atoms with Gasteiger partial charge in [0.1, 0.15) is 17.6 Å². The Morgan fingerprint density at radius 1 is 0.833 bits per heavy atom. The van der Waals surface area contributed by atoms with Gasteiger partial charge >= 0.3 is 0 Å². The van der Waals surface area contributed by atoms with Crippen LogP contribution < -0.4 is 16.2 Å². The molecule has 1 saturated heterocycles. The Bertz CT molecular complexity index is 3600. The predicted molar refractivity (Wildman–Crippen MR) is 327 cm³/mol. The number of hydrogen-bond donors (Lipinski definition) is 7. The third kappa shape index (κ3) is 12.0. The molecule has 13 unspecified atom stereocenters. The molecule has 6 aromatic rings.